The Balaban J connectivity index is 1.53. The number of carbonyl (C=O) groups is 1. The number of benzene rings is 1. The van der Waals surface area contributed by atoms with Gasteiger partial charge in [0.1, 0.15) is 12.8 Å². The number of nitrogens with zero attached hydrogens (tertiary/aromatic N) is 6. The molecule has 2 aromatic rings. The van der Waals surface area contributed by atoms with Crippen LogP contribution in [-0.4, -0.2) is 81.4 Å². The van der Waals surface area contributed by atoms with Crippen LogP contribution in [0.25, 0.3) is 0 Å². The number of carbonyl (C=O) groups excluding carboxylic acids is 1. The van der Waals surface area contributed by atoms with E-state index in [2.05, 4.69) is 69.9 Å². The van der Waals surface area contributed by atoms with Gasteiger partial charge >= 0.3 is 0 Å². The summed E-state index contributed by atoms with van der Waals surface area (Å²) in [5.74, 6) is -0.141. The van der Waals surface area contributed by atoms with E-state index in [1.54, 1.807) is 10.8 Å². The van der Waals surface area contributed by atoms with Crippen molar-refractivity contribution in [1.82, 2.24) is 14.5 Å². The van der Waals surface area contributed by atoms with Crippen molar-refractivity contribution in [3.63, 3.8) is 0 Å². The number of nitriles is 1. The van der Waals surface area contributed by atoms with E-state index in [0.717, 1.165) is 69.5 Å². The summed E-state index contributed by atoms with van der Waals surface area (Å²) in [4.78, 5) is 24.9. The molecule has 2 fully saturated rings. The van der Waals surface area contributed by atoms with Gasteiger partial charge in [0.2, 0.25) is 5.82 Å². The van der Waals surface area contributed by atoms with Crippen molar-refractivity contribution < 1.29 is 9.53 Å². The first kappa shape index (κ1) is 27.2. The zero-order valence-electron chi connectivity index (χ0n) is 22.8. The molecule has 2 aliphatic rings. The molecule has 0 radical (unpaired) electrons. The summed E-state index contributed by atoms with van der Waals surface area (Å²) in [6.45, 7) is 13.8. The van der Waals surface area contributed by atoms with Crippen LogP contribution in [0, 0.1) is 11.3 Å². The second-order valence-corrected chi connectivity index (χ2v) is 17.0. The quantitative estimate of drug-likeness (QED) is 0.392. The standard InChI is InChI=1S/C27H41N7O2Si/c1-31-12-14-32(15-13-31)23-8-9-24(25(18-23)33-10-6-5-7-11-33)30-27(35)26-29-22(19-28)20-34(26)21-36-16-17-37(2,3)4/h8-9,18,20H,5-7,10-17,21H2,1-4H3,(H,30,35). The highest BCUT2D eigenvalue weighted by Gasteiger charge is 2.23. The molecule has 2 aliphatic heterocycles. The van der Waals surface area contributed by atoms with Crippen molar-refractivity contribution in [2.24, 2.45) is 0 Å². The van der Waals surface area contributed by atoms with Crippen LogP contribution in [0.2, 0.25) is 25.7 Å². The second-order valence-electron chi connectivity index (χ2n) is 11.4. The van der Waals surface area contributed by atoms with Gasteiger partial charge in [-0.25, -0.2) is 4.98 Å². The molecule has 0 bridgehead atoms. The first-order valence-corrected chi connectivity index (χ1v) is 17.1. The molecular formula is C27H41N7O2Si. The molecule has 37 heavy (non-hydrogen) atoms. The van der Waals surface area contributed by atoms with Crippen molar-refractivity contribution in [3.05, 3.63) is 35.9 Å². The van der Waals surface area contributed by atoms with Gasteiger partial charge in [-0.05, 0) is 50.6 Å². The van der Waals surface area contributed by atoms with Crippen LogP contribution in [0.4, 0.5) is 17.1 Å². The van der Waals surface area contributed by atoms with E-state index in [1.165, 1.54) is 12.1 Å². The van der Waals surface area contributed by atoms with Crippen LogP contribution in [0.1, 0.15) is 35.6 Å². The number of amides is 1. The summed E-state index contributed by atoms with van der Waals surface area (Å²) in [6, 6.07) is 9.42. The summed E-state index contributed by atoms with van der Waals surface area (Å²) < 4.78 is 7.49. The normalized spacial score (nSPS) is 17.1. The molecule has 1 aromatic heterocycles. The molecule has 2 saturated heterocycles. The van der Waals surface area contributed by atoms with Crippen molar-refractivity contribution in [1.29, 1.82) is 5.26 Å². The zero-order valence-corrected chi connectivity index (χ0v) is 23.8. The van der Waals surface area contributed by atoms with E-state index in [1.807, 2.05) is 6.07 Å². The number of imidazole rings is 1. The van der Waals surface area contributed by atoms with Gasteiger partial charge in [-0.15, -0.1) is 0 Å². The highest BCUT2D eigenvalue weighted by molar-refractivity contribution is 6.76. The molecule has 0 spiro atoms. The molecule has 1 N–H and O–H groups in total. The summed E-state index contributed by atoms with van der Waals surface area (Å²) in [5, 5.41) is 12.5. The lowest BCUT2D eigenvalue weighted by atomic mass is 10.1. The minimum atomic E-state index is -1.22. The smallest absolute Gasteiger partial charge is 0.291 e. The minimum absolute atomic E-state index is 0.192. The minimum Gasteiger partial charge on any atom is -0.370 e. The largest absolute Gasteiger partial charge is 0.370 e. The van der Waals surface area contributed by atoms with Crippen molar-refractivity contribution in [3.8, 4) is 6.07 Å². The number of ether oxygens (including phenoxy) is 1. The second kappa shape index (κ2) is 12.1. The molecule has 1 aromatic carbocycles. The maximum atomic E-state index is 13.4. The van der Waals surface area contributed by atoms with Gasteiger partial charge in [0.25, 0.3) is 5.91 Å². The maximum absolute atomic E-state index is 13.4. The van der Waals surface area contributed by atoms with Crippen LogP contribution < -0.4 is 15.1 Å². The number of rotatable bonds is 9. The Morgan fingerprint density at radius 3 is 2.49 bits per heavy atom. The first-order valence-electron chi connectivity index (χ1n) is 13.4. The average molecular weight is 524 g/mol. The molecule has 3 heterocycles. The Kier molecular flexibility index (Phi) is 8.90. The molecule has 0 unspecified atom stereocenters. The SMILES string of the molecule is CN1CCN(c2ccc(NC(=O)c3nc(C#N)cn3COCC[Si](C)(C)C)c(N3CCCCC3)c2)CC1. The molecular weight excluding hydrogens is 482 g/mol. The number of likely N-dealkylation sites (N-methyl/N-ethyl adjacent to an activating group) is 1. The van der Waals surface area contributed by atoms with Crippen LogP contribution >= 0.6 is 0 Å². The lowest BCUT2D eigenvalue weighted by molar-refractivity contribution is 0.0808. The Morgan fingerprint density at radius 2 is 1.81 bits per heavy atom. The van der Waals surface area contributed by atoms with Gasteiger partial charge in [-0.3, -0.25) is 4.79 Å². The summed E-state index contributed by atoms with van der Waals surface area (Å²) in [6.07, 6.45) is 5.13. The predicted octanol–water partition coefficient (Wildman–Crippen LogP) is 4.06. The zero-order chi connectivity index (χ0) is 26.4. The Bertz CT molecular complexity index is 1110. The Morgan fingerprint density at radius 1 is 1.08 bits per heavy atom. The van der Waals surface area contributed by atoms with E-state index in [0.29, 0.717) is 6.61 Å². The summed E-state index contributed by atoms with van der Waals surface area (Å²) >= 11 is 0. The first-order chi connectivity index (χ1) is 17.7. The van der Waals surface area contributed by atoms with E-state index in [9.17, 15) is 10.1 Å². The predicted molar refractivity (Wildman–Crippen MR) is 151 cm³/mol. The van der Waals surface area contributed by atoms with E-state index >= 15 is 0 Å². The number of nitrogens with one attached hydrogen (secondary N) is 1. The fourth-order valence-electron chi connectivity index (χ4n) is 4.75. The number of hydrogen-bond donors (Lipinski definition) is 1. The molecule has 9 nitrogen and oxygen atoms in total. The highest BCUT2D eigenvalue weighted by atomic mass is 28.3. The van der Waals surface area contributed by atoms with Gasteiger partial charge in [0.05, 0.1) is 11.4 Å². The number of piperidine rings is 1. The molecule has 0 saturated carbocycles. The highest BCUT2D eigenvalue weighted by Crippen LogP contribution is 2.33. The lowest BCUT2D eigenvalue weighted by Crippen LogP contribution is -2.44. The molecule has 0 atom stereocenters. The fourth-order valence-corrected chi connectivity index (χ4v) is 5.51. The molecule has 4 rings (SSSR count). The maximum Gasteiger partial charge on any atom is 0.291 e. The van der Waals surface area contributed by atoms with Crippen molar-refractivity contribution in [2.75, 3.05) is 68.0 Å². The van der Waals surface area contributed by atoms with Crippen LogP contribution in [0.15, 0.2) is 24.4 Å². The van der Waals surface area contributed by atoms with Gasteiger partial charge in [-0.2, -0.15) is 5.26 Å². The molecule has 200 valence electrons. The van der Waals surface area contributed by atoms with Crippen molar-refractivity contribution >= 4 is 31.0 Å². The number of aromatic nitrogens is 2. The third kappa shape index (κ3) is 7.34. The third-order valence-corrected chi connectivity index (χ3v) is 8.82. The van der Waals surface area contributed by atoms with Crippen LogP contribution in [-0.2, 0) is 11.5 Å². The van der Waals surface area contributed by atoms with Gasteiger partial charge < -0.3 is 29.3 Å². The van der Waals surface area contributed by atoms with E-state index < -0.39 is 8.07 Å². The van der Waals surface area contributed by atoms with Gasteiger partial charge in [0.15, 0.2) is 5.69 Å². The summed E-state index contributed by atoms with van der Waals surface area (Å²) in [7, 11) is 0.941. The van der Waals surface area contributed by atoms with E-state index in [4.69, 9.17) is 4.74 Å². The topological polar surface area (TPSA) is 89.7 Å². The Hall–Kier alpha value is -2.87. The van der Waals surface area contributed by atoms with Gasteiger partial charge in [-0.1, -0.05) is 19.6 Å². The van der Waals surface area contributed by atoms with Crippen LogP contribution in [0.5, 0.6) is 0 Å². The van der Waals surface area contributed by atoms with E-state index in [-0.39, 0.29) is 24.2 Å². The molecule has 10 heteroatoms. The van der Waals surface area contributed by atoms with Crippen LogP contribution in [0.3, 0.4) is 0 Å². The average Bonchev–Trinajstić information content (AvgIpc) is 3.31. The molecule has 0 aliphatic carbocycles. The number of hydrogen-bond acceptors (Lipinski definition) is 7. The number of anilines is 3. The number of piperazine rings is 1. The monoisotopic (exact) mass is 523 g/mol. The Labute approximate surface area is 222 Å². The fraction of sp³-hybridized carbons (Fsp3) is 0.593. The van der Waals surface area contributed by atoms with Crippen molar-refractivity contribution in [2.45, 2.75) is 51.7 Å². The van der Waals surface area contributed by atoms with Gasteiger partial charge in [0, 0.05) is 65.8 Å². The third-order valence-electron chi connectivity index (χ3n) is 7.12. The lowest BCUT2D eigenvalue weighted by Gasteiger charge is -2.36. The molecule has 1 amide bonds. The summed E-state index contributed by atoms with van der Waals surface area (Å²) in [5.41, 5.74) is 3.23.